The predicted molar refractivity (Wildman–Crippen MR) is 93.1 cm³/mol. The Morgan fingerprint density at radius 2 is 2.04 bits per heavy atom. The third kappa shape index (κ3) is 8.57. The van der Waals surface area contributed by atoms with Gasteiger partial charge in [0.2, 0.25) is 0 Å². The van der Waals surface area contributed by atoms with Gasteiger partial charge in [-0.25, -0.2) is 0 Å². The average Bonchev–Trinajstić information content (AvgIpc) is 2.55. The molecule has 0 aliphatic rings. The average molecular weight is 322 g/mol. The van der Waals surface area contributed by atoms with Crippen molar-refractivity contribution in [2.45, 2.75) is 33.7 Å². The van der Waals surface area contributed by atoms with Crippen molar-refractivity contribution in [2.24, 2.45) is 5.92 Å². The van der Waals surface area contributed by atoms with Crippen molar-refractivity contribution in [2.75, 3.05) is 32.9 Å². The summed E-state index contributed by atoms with van der Waals surface area (Å²) in [5, 5.41) is 6.24. The molecule has 1 aromatic rings. The van der Waals surface area contributed by atoms with Crippen LogP contribution in [0, 0.1) is 5.92 Å². The Balaban J connectivity index is 2.39. The van der Waals surface area contributed by atoms with E-state index in [-0.39, 0.29) is 11.9 Å². The lowest BCUT2D eigenvalue weighted by molar-refractivity contribution is 0.0948. The molecule has 5 heteroatoms. The van der Waals surface area contributed by atoms with Crippen molar-refractivity contribution in [1.29, 1.82) is 0 Å². The molecule has 1 rings (SSSR count). The summed E-state index contributed by atoms with van der Waals surface area (Å²) in [6, 6.07) is 7.50. The fourth-order valence-corrected chi connectivity index (χ4v) is 1.93. The van der Waals surface area contributed by atoms with Crippen molar-refractivity contribution in [3.8, 4) is 5.75 Å². The molecule has 0 aliphatic carbocycles. The molecule has 1 atom stereocenters. The largest absolute Gasteiger partial charge is 0.492 e. The van der Waals surface area contributed by atoms with Crippen LogP contribution in [-0.4, -0.2) is 44.9 Å². The fourth-order valence-electron chi connectivity index (χ4n) is 1.93. The van der Waals surface area contributed by atoms with Gasteiger partial charge >= 0.3 is 0 Å². The second-order valence-corrected chi connectivity index (χ2v) is 5.99. The number of carbonyl (C=O) groups is 1. The Kier molecular flexibility index (Phi) is 9.33. The Morgan fingerprint density at radius 1 is 1.26 bits per heavy atom. The number of hydrogen-bond acceptors (Lipinski definition) is 4. The highest BCUT2D eigenvalue weighted by Crippen LogP contribution is 2.13. The van der Waals surface area contributed by atoms with Crippen molar-refractivity contribution in [1.82, 2.24) is 10.6 Å². The minimum Gasteiger partial charge on any atom is -0.492 e. The molecule has 0 bridgehead atoms. The lowest BCUT2D eigenvalue weighted by atomic mass is 10.2. The molecule has 0 radical (unpaired) electrons. The summed E-state index contributed by atoms with van der Waals surface area (Å²) in [6.07, 6.45) is 0. The van der Waals surface area contributed by atoms with Gasteiger partial charge in [-0.05, 0) is 38.0 Å². The minimum atomic E-state index is -0.0629. The molecule has 2 N–H and O–H groups in total. The molecule has 23 heavy (non-hydrogen) atoms. The molecule has 130 valence electrons. The van der Waals surface area contributed by atoms with Gasteiger partial charge in [0.25, 0.3) is 5.91 Å². The molecular formula is C18H30N2O3. The van der Waals surface area contributed by atoms with E-state index >= 15 is 0 Å². The van der Waals surface area contributed by atoms with Crippen LogP contribution in [0.4, 0.5) is 0 Å². The number of hydrogen-bond donors (Lipinski definition) is 2. The molecule has 0 fully saturated rings. The summed E-state index contributed by atoms with van der Waals surface area (Å²) in [7, 11) is 0. The van der Waals surface area contributed by atoms with E-state index in [4.69, 9.17) is 9.47 Å². The van der Waals surface area contributed by atoms with Gasteiger partial charge in [0.05, 0.1) is 6.61 Å². The van der Waals surface area contributed by atoms with Crippen molar-refractivity contribution in [3.05, 3.63) is 29.8 Å². The zero-order valence-corrected chi connectivity index (χ0v) is 14.7. The third-order valence-corrected chi connectivity index (χ3v) is 3.21. The number of ether oxygens (including phenoxy) is 2. The van der Waals surface area contributed by atoms with E-state index in [0.29, 0.717) is 37.0 Å². The Hall–Kier alpha value is -1.59. The van der Waals surface area contributed by atoms with Crippen LogP contribution in [0.15, 0.2) is 24.3 Å². The summed E-state index contributed by atoms with van der Waals surface area (Å²) in [6.45, 7) is 11.6. The Morgan fingerprint density at radius 3 is 2.74 bits per heavy atom. The van der Waals surface area contributed by atoms with E-state index in [1.807, 2.05) is 19.1 Å². The fraction of sp³-hybridized carbons (Fsp3) is 0.611. The Bertz CT molecular complexity index is 463. The van der Waals surface area contributed by atoms with Crippen LogP contribution in [0.3, 0.4) is 0 Å². The quantitative estimate of drug-likeness (QED) is 0.615. The van der Waals surface area contributed by atoms with E-state index in [2.05, 4.69) is 31.4 Å². The number of benzene rings is 1. The van der Waals surface area contributed by atoms with Gasteiger partial charge in [0.15, 0.2) is 0 Å². The third-order valence-electron chi connectivity index (χ3n) is 3.21. The standard InChI is InChI=1S/C18H30N2O3/c1-5-22-10-9-19-15(4)13-23-17-8-6-7-16(11-17)18(21)20-12-14(2)3/h6-8,11,14-15,19H,5,9-10,12-13H2,1-4H3,(H,20,21). The normalized spacial score (nSPS) is 12.2. The highest BCUT2D eigenvalue weighted by atomic mass is 16.5. The lowest BCUT2D eigenvalue weighted by Crippen LogP contribution is -2.34. The minimum absolute atomic E-state index is 0.0629. The van der Waals surface area contributed by atoms with Crippen LogP contribution < -0.4 is 15.4 Å². The molecule has 1 amide bonds. The summed E-state index contributed by atoms with van der Waals surface area (Å²) < 4.78 is 11.0. The summed E-state index contributed by atoms with van der Waals surface area (Å²) in [4.78, 5) is 12.0. The monoisotopic (exact) mass is 322 g/mol. The van der Waals surface area contributed by atoms with Crippen LogP contribution in [0.2, 0.25) is 0 Å². The predicted octanol–water partition coefficient (Wildman–Crippen LogP) is 2.47. The molecule has 1 unspecified atom stereocenters. The second-order valence-electron chi connectivity index (χ2n) is 5.99. The van der Waals surface area contributed by atoms with Crippen LogP contribution in [-0.2, 0) is 4.74 Å². The maximum atomic E-state index is 12.0. The van der Waals surface area contributed by atoms with Crippen molar-refractivity contribution < 1.29 is 14.3 Å². The van der Waals surface area contributed by atoms with Crippen LogP contribution in [0.1, 0.15) is 38.1 Å². The molecule has 0 aliphatic heterocycles. The molecule has 0 saturated heterocycles. The first-order valence-electron chi connectivity index (χ1n) is 8.35. The summed E-state index contributed by atoms with van der Waals surface area (Å²) >= 11 is 0. The number of amides is 1. The summed E-state index contributed by atoms with van der Waals surface area (Å²) in [5.41, 5.74) is 0.625. The molecular weight excluding hydrogens is 292 g/mol. The zero-order chi connectivity index (χ0) is 17.1. The van der Waals surface area contributed by atoms with E-state index in [1.54, 1.807) is 12.1 Å². The van der Waals surface area contributed by atoms with E-state index < -0.39 is 0 Å². The van der Waals surface area contributed by atoms with Gasteiger partial charge in [-0.2, -0.15) is 0 Å². The van der Waals surface area contributed by atoms with E-state index in [0.717, 1.165) is 13.2 Å². The molecule has 0 heterocycles. The van der Waals surface area contributed by atoms with E-state index in [9.17, 15) is 4.79 Å². The number of carbonyl (C=O) groups excluding carboxylic acids is 1. The highest BCUT2D eigenvalue weighted by molar-refractivity contribution is 5.94. The van der Waals surface area contributed by atoms with Crippen LogP contribution in [0.25, 0.3) is 0 Å². The van der Waals surface area contributed by atoms with Gasteiger partial charge in [0.1, 0.15) is 12.4 Å². The highest BCUT2D eigenvalue weighted by Gasteiger charge is 2.08. The first-order chi connectivity index (χ1) is 11.0. The van der Waals surface area contributed by atoms with E-state index in [1.165, 1.54) is 0 Å². The zero-order valence-electron chi connectivity index (χ0n) is 14.7. The van der Waals surface area contributed by atoms with Crippen LogP contribution >= 0.6 is 0 Å². The maximum absolute atomic E-state index is 12.0. The molecule has 0 spiro atoms. The van der Waals surface area contributed by atoms with Crippen molar-refractivity contribution >= 4 is 5.91 Å². The topological polar surface area (TPSA) is 59.6 Å². The van der Waals surface area contributed by atoms with Gasteiger partial charge in [-0.15, -0.1) is 0 Å². The van der Waals surface area contributed by atoms with Gasteiger partial charge in [-0.1, -0.05) is 19.9 Å². The van der Waals surface area contributed by atoms with Crippen LogP contribution in [0.5, 0.6) is 5.75 Å². The Labute approximate surface area is 139 Å². The summed E-state index contributed by atoms with van der Waals surface area (Å²) in [5.74, 6) is 1.08. The molecule has 1 aromatic carbocycles. The molecule has 0 aromatic heterocycles. The van der Waals surface area contributed by atoms with Crippen molar-refractivity contribution in [3.63, 3.8) is 0 Å². The maximum Gasteiger partial charge on any atom is 0.251 e. The second kappa shape index (κ2) is 11.0. The van der Waals surface area contributed by atoms with Gasteiger partial charge in [-0.3, -0.25) is 4.79 Å². The van der Waals surface area contributed by atoms with Gasteiger partial charge < -0.3 is 20.1 Å². The number of rotatable bonds is 11. The first kappa shape index (κ1) is 19.5. The molecule has 0 saturated carbocycles. The smallest absolute Gasteiger partial charge is 0.251 e. The SMILES string of the molecule is CCOCCNC(C)COc1cccc(C(=O)NCC(C)C)c1. The molecule has 5 nitrogen and oxygen atoms in total. The first-order valence-corrected chi connectivity index (χ1v) is 8.35. The van der Waals surface area contributed by atoms with Gasteiger partial charge in [0, 0.05) is 31.3 Å². The number of nitrogens with one attached hydrogen (secondary N) is 2. The lowest BCUT2D eigenvalue weighted by Gasteiger charge is -2.15.